The molecule has 1 aliphatic heterocycles. The third-order valence-electron chi connectivity index (χ3n) is 4.81. The predicted octanol–water partition coefficient (Wildman–Crippen LogP) is 3.01. The van der Waals surface area contributed by atoms with Gasteiger partial charge in [0.25, 0.3) is 5.91 Å². The summed E-state index contributed by atoms with van der Waals surface area (Å²) in [7, 11) is 0. The maximum atomic E-state index is 13.0. The fourth-order valence-electron chi connectivity index (χ4n) is 3.30. The topological polar surface area (TPSA) is 87.7 Å². The van der Waals surface area contributed by atoms with Gasteiger partial charge in [-0.3, -0.25) is 4.79 Å². The van der Waals surface area contributed by atoms with Gasteiger partial charge in [-0.2, -0.15) is 0 Å². The van der Waals surface area contributed by atoms with Crippen LogP contribution in [0.25, 0.3) is 0 Å². The number of nitrogens with zero attached hydrogens (tertiary/aromatic N) is 4. The van der Waals surface area contributed by atoms with E-state index in [0.29, 0.717) is 50.1 Å². The van der Waals surface area contributed by atoms with E-state index in [1.165, 1.54) is 5.56 Å². The van der Waals surface area contributed by atoms with Gasteiger partial charge in [0.1, 0.15) is 17.3 Å². The van der Waals surface area contributed by atoms with E-state index in [0.717, 1.165) is 12.1 Å². The summed E-state index contributed by atoms with van der Waals surface area (Å²) in [6.45, 7) is 7.77. The molecular weight excluding hydrogens is 370 g/mol. The van der Waals surface area contributed by atoms with E-state index in [9.17, 15) is 9.59 Å². The fourth-order valence-corrected chi connectivity index (χ4v) is 3.30. The lowest BCUT2D eigenvalue weighted by molar-refractivity contribution is 0.0565. The number of hydrogen-bond donors (Lipinski definition) is 1. The minimum atomic E-state index is -0.335. The molecule has 0 radical (unpaired) electrons. The Labute approximate surface area is 170 Å². The van der Waals surface area contributed by atoms with Gasteiger partial charge in [0.05, 0.1) is 6.61 Å². The third-order valence-corrected chi connectivity index (χ3v) is 4.81. The first-order valence-electron chi connectivity index (χ1n) is 9.93. The van der Waals surface area contributed by atoms with Gasteiger partial charge in [-0.25, -0.2) is 14.8 Å². The van der Waals surface area contributed by atoms with Crippen molar-refractivity contribution in [3.05, 3.63) is 47.4 Å². The zero-order valence-corrected chi connectivity index (χ0v) is 17.1. The maximum absolute atomic E-state index is 13.0. The molecule has 0 spiro atoms. The number of rotatable bonds is 5. The summed E-state index contributed by atoms with van der Waals surface area (Å²) in [5, 5.41) is 3.31. The van der Waals surface area contributed by atoms with Gasteiger partial charge in [-0.15, -0.1) is 0 Å². The first kappa shape index (κ1) is 20.6. The zero-order chi connectivity index (χ0) is 20.8. The zero-order valence-electron chi connectivity index (χ0n) is 17.1. The number of para-hydroxylation sites is 1. The monoisotopic (exact) mass is 397 g/mol. The number of ether oxygens (including phenoxy) is 1. The van der Waals surface area contributed by atoms with Gasteiger partial charge in [0, 0.05) is 37.9 Å². The third kappa shape index (κ3) is 5.01. The summed E-state index contributed by atoms with van der Waals surface area (Å²) in [5.41, 5.74) is 2.49. The smallest absolute Gasteiger partial charge is 0.409 e. The lowest BCUT2D eigenvalue weighted by atomic mass is 10.1. The van der Waals surface area contributed by atoms with Crippen molar-refractivity contribution in [3.8, 4) is 0 Å². The summed E-state index contributed by atoms with van der Waals surface area (Å²) in [6, 6.07) is 9.70. The van der Waals surface area contributed by atoms with Crippen molar-refractivity contribution in [1.29, 1.82) is 0 Å². The van der Waals surface area contributed by atoms with Crippen LogP contribution in [0.15, 0.2) is 30.3 Å². The Balaban J connectivity index is 1.71. The quantitative estimate of drug-likeness (QED) is 0.834. The molecule has 0 bridgehead atoms. The number of amides is 2. The first-order chi connectivity index (χ1) is 14.0. The standard InChI is InChI=1S/C21H27N5O3/c1-4-16-8-6-7-9-17(16)24-19-14-18(22-15(3)23-19)20(27)25-10-12-26(13-11-25)21(28)29-5-2/h6-9,14H,4-5,10-13H2,1-3H3,(H,22,23,24). The summed E-state index contributed by atoms with van der Waals surface area (Å²) < 4.78 is 5.02. The average Bonchev–Trinajstić information content (AvgIpc) is 2.73. The van der Waals surface area contributed by atoms with Crippen LogP contribution < -0.4 is 5.32 Å². The number of piperazine rings is 1. The lowest BCUT2D eigenvalue weighted by Crippen LogP contribution is -2.50. The van der Waals surface area contributed by atoms with E-state index in [1.807, 2.05) is 18.2 Å². The van der Waals surface area contributed by atoms with Gasteiger partial charge < -0.3 is 19.9 Å². The highest BCUT2D eigenvalue weighted by Gasteiger charge is 2.26. The molecule has 1 fully saturated rings. The van der Waals surface area contributed by atoms with Gasteiger partial charge in [-0.1, -0.05) is 25.1 Å². The van der Waals surface area contributed by atoms with E-state index in [-0.39, 0.29) is 12.0 Å². The molecule has 1 N–H and O–H groups in total. The first-order valence-corrected chi connectivity index (χ1v) is 9.93. The van der Waals surface area contributed by atoms with Crippen molar-refractivity contribution in [2.24, 2.45) is 0 Å². The maximum Gasteiger partial charge on any atom is 0.409 e. The molecule has 29 heavy (non-hydrogen) atoms. The van der Waals surface area contributed by atoms with E-state index < -0.39 is 0 Å². The van der Waals surface area contributed by atoms with Crippen LogP contribution in [0.2, 0.25) is 0 Å². The van der Waals surface area contributed by atoms with Gasteiger partial charge in [0.15, 0.2) is 0 Å². The number of benzene rings is 1. The van der Waals surface area contributed by atoms with E-state index in [1.54, 1.807) is 29.7 Å². The Hall–Kier alpha value is -3.16. The Morgan fingerprint density at radius 2 is 1.76 bits per heavy atom. The fraction of sp³-hybridized carbons (Fsp3) is 0.429. The molecule has 154 valence electrons. The number of aryl methyl sites for hydroxylation is 2. The Bertz CT molecular complexity index is 878. The van der Waals surface area contributed by atoms with Crippen molar-refractivity contribution >= 4 is 23.5 Å². The highest BCUT2D eigenvalue weighted by atomic mass is 16.6. The highest BCUT2D eigenvalue weighted by molar-refractivity contribution is 5.93. The van der Waals surface area contributed by atoms with Crippen molar-refractivity contribution in [3.63, 3.8) is 0 Å². The van der Waals surface area contributed by atoms with Crippen molar-refractivity contribution < 1.29 is 14.3 Å². The van der Waals surface area contributed by atoms with Crippen LogP contribution in [-0.4, -0.2) is 64.6 Å². The molecule has 1 aliphatic rings. The summed E-state index contributed by atoms with van der Waals surface area (Å²) in [4.78, 5) is 36.9. The minimum Gasteiger partial charge on any atom is -0.450 e. The molecule has 2 amide bonds. The minimum absolute atomic E-state index is 0.161. The molecule has 0 unspecified atom stereocenters. The summed E-state index contributed by atoms with van der Waals surface area (Å²) in [6.07, 6.45) is 0.558. The molecular formula is C21H27N5O3. The van der Waals surface area contributed by atoms with Gasteiger partial charge >= 0.3 is 6.09 Å². The number of nitrogens with one attached hydrogen (secondary N) is 1. The van der Waals surface area contributed by atoms with E-state index in [4.69, 9.17) is 4.74 Å². The molecule has 8 nitrogen and oxygen atoms in total. The molecule has 2 aromatic rings. The van der Waals surface area contributed by atoms with Crippen LogP contribution in [0.4, 0.5) is 16.3 Å². The second kappa shape index (κ2) is 9.36. The summed E-state index contributed by atoms with van der Waals surface area (Å²) >= 11 is 0. The summed E-state index contributed by atoms with van der Waals surface area (Å²) in [5.74, 6) is 0.954. The molecule has 0 aliphatic carbocycles. The molecule has 3 rings (SSSR count). The molecule has 1 aromatic heterocycles. The Kier molecular flexibility index (Phi) is 6.64. The molecule has 2 heterocycles. The number of carbonyl (C=O) groups excluding carboxylic acids is 2. The normalized spacial score (nSPS) is 13.9. The van der Waals surface area contributed by atoms with Crippen LogP contribution in [0.5, 0.6) is 0 Å². The van der Waals surface area contributed by atoms with Gasteiger partial charge in [-0.05, 0) is 31.9 Å². The number of anilines is 2. The number of aromatic nitrogens is 2. The molecule has 1 aromatic carbocycles. The molecule has 0 saturated carbocycles. The number of hydrogen-bond acceptors (Lipinski definition) is 6. The van der Waals surface area contributed by atoms with E-state index in [2.05, 4.69) is 28.3 Å². The van der Waals surface area contributed by atoms with Crippen molar-refractivity contribution in [2.75, 3.05) is 38.1 Å². The molecule has 1 saturated heterocycles. The number of carbonyl (C=O) groups is 2. The SMILES string of the molecule is CCOC(=O)N1CCN(C(=O)c2cc(Nc3ccccc3CC)nc(C)n2)CC1. The van der Waals surface area contributed by atoms with Crippen molar-refractivity contribution in [2.45, 2.75) is 27.2 Å². The average molecular weight is 397 g/mol. The van der Waals surface area contributed by atoms with Crippen LogP contribution >= 0.6 is 0 Å². The Morgan fingerprint density at radius 1 is 1.07 bits per heavy atom. The van der Waals surface area contributed by atoms with E-state index >= 15 is 0 Å². The van der Waals surface area contributed by atoms with Crippen LogP contribution in [0.3, 0.4) is 0 Å². The largest absolute Gasteiger partial charge is 0.450 e. The van der Waals surface area contributed by atoms with Crippen molar-refractivity contribution in [1.82, 2.24) is 19.8 Å². The van der Waals surface area contributed by atoms with Crippen LogP contribution in [0.1, 0.15) is 35.7 Å². The van der Waals surface area contributed by atoms with Gasteiger partial charge in [0.2, 0.25) is 0 Å². The Morgan fingerprint density at radius 3 is 2.45 bits per heavy atom. The second-order valence-corrected chi connectivity index (χ2v) is 6.80. The highest BCUT2D eigenvalue weighted by Crippen LogP contribution is 2.21. The molecule has 8 heteroatoms. The predicted molar refractivity (Wildman–Crippen MR) is 110 cm³/mol. The lowest BCUT2D eigenvalue weighted by Gasteiger charge is -2.33. The second-order valence-electron chi connectivity index (χ2n) is 6.80. The van der Waals surface area contributed by atoms with Crippen LogP contribution in [0, 0.1) is 6.92 Å². The van der Waals surface area contributed by atoms with Crippen LogP contribution in [-0.2, 0) is 11.2 Å². The molecule has 0 atom stereocenters.